The predicted octanol–water partition coefficient (Wildman–Crippen LogP) is 1.92. The molecule has 1 aliphatic heterocycles. The highest BCUT2D eigenvalue weighted by Crippen LogP contribution is 2.17. The molecule has 2 aromatic carbocycles. The van der Waals surface area contributed by atoms with Gasteiger partial charge in [0, 0.05) is 31.9 Å². The zero-order valence-corrected chi connectivity index (χ0v) is 14.4. The zero-order valence-electron chi connectivity index (χ0n) is 14.4. The molecule has 134 valence electrons. The van der Waals surface area contributed by atoms with E-state index in [1.54, 1.807) is 29.2 Å². The third-order valence-corrected chi connectivity index (χ3v) is 4.64. The van der Waals surface area contributed by atoms with Crippen molar-refractivity contribution in [3.05, 3.63) is 65.5 Å². The number of nitrogens with zero attached hydrogens (tertiary/aromatic N) is 3. The van der Waals surface area contributed by atoms with Crippen LogP contribution in [0.25, 0.3) is 0 Å². The van der Waals surface area contributed by atoms with Crippen LogP contribution in [0, 0.1) is 17.1 Å². The molecule has 0 spiro atoms. The topological polar surface area (TPSA) is 73.4 Å². The summed E-state index contributed by atoms with van der Waals surface area (Å²) in [5.41, 5.74) is 8.59. The summed E-state index contributed by atoms with van der Waals surface area (Å²) in [7, 11) is 0. The first-order valence-electron chi connectivity index (χ1n) is 8.61. The van der Waals surface area contributed by atoms with E-state index in [-0.39, 0.29) is 11.7 Å². The van der Waals surface area contributed by atoms with Crippen LogP contribution in [0.1, 0.15) is 11.1 Å². The Hall–Kier alpha value is -2.91. The van der Waals surface area contributed by atoms with E-state index in [1.165, 1.54) is 12.1 Å². The van der Waals surface area contributed by atoms with Gasteiger partial charge in [0.2, 0.25) is 5.91 Å². The minimum Gasteiger partial charge on any atom is -0.368 e. The van der Waals surface area contributed by atoms with E-state index in [4.69, 9.17) is 11.0 Å². The van der Waals surface area contributed by atoms with E-state index in [0.29, 0.717) is 38.2 Å². The molecule has 1 atom stereocenters. The van der Waals surface area contributed by atoms with Crippen molar-refractivity contribution in [3.8, 4) is 6.07 Å². The number of anilines is 1. The second-order valence-electron chi connectivity index (χ2n) is 6.41. The first-order chi connectivity index (χ1) is 12.6. The lowest BCUT2D eigenvalue weighted by Gasteiger charge is -2.37. The molecule has 0 saturated carbocycles. The molecule has 1 saturated heterocycles. The molecule has 1 fully saturated rings. The summed E-state index contributed by atoms with van der Waals surface area (Å²) in [6, 6.07) is 15.0. The largest absolute Gasteiger partial charge is 0.368 e. The van der Waals surface area contributed by atoms with Crippen molar-refractivity contribution >= 4 is 11.6 Å². The second-order valence-corrected chi connectivity index (χ2v) is 6.41. The van der Waals surface area contributed by atoms with Crippen LogP contribution in [-0.4, -0.2) is 43.0 Å². The van der Waals surface area contributed by atoms with Gasteiger partial charge in [0.25, 0.3) is 0 Å². The van der Waals surface area contributed by atoms with Crippen LogP contribution in [0.2, 0.25) is 0 Å². The molecule has 2 N–H and O–H groups in total. The van der Waals surface area contributed by atoms with Crippen molar-refractivity contribution in [2.24, 2.45) is 5.73 Å². The molecule has 0 aliphatic carbocycles. The van der Waals surface area contributed by atoms with E-state index in [1.807, 2.05) is 12.1 Å². The highest BCUT2D eigenvalue weighted by atomic mass is 19.1. The zero-order chi connectivity index (χ0) is 18.5. The molecule has 5 nitrogen and oxygen atoms in total. The lowest BCUT2D eigenvalue weighted by atomic mass is 10.0. The van der Waals surface area contributed by atoms with Crippen LogP contribution in [0.3, 0.4) is 0 Å². The standard InChI is InChI=1S/C20H21FN4O/c21-17-5-7-18(8-6-17)24-9-11-25(12-10-24)20(26)19(23)13-15-1-3-16(14-22)4-2-15/h1-8,19H,9-13,23H2. The number of nitriles is 1. The van der Waals surface area contributed by atoms with Crippen molar-refractivity contribution in [1.82, 2.24) is 4.90 Å². The van der Waals surface area contributed by atoms with Gasteiger partial charge in [-0.3, -0.25) is 4.79 Å². The van der Waals surface area contributed by atoms with Crippen LogP contribution >= 0.6 is 0 Å². The smallest absolute Gasteiger partial charge is 0.239 e. The normalized spacial score (nSPS) is 15.4. The molecule has 1 heterocycles. The quantitative estimate of drug-likeness (QED) is 0.912. The van der Waals surface area contributed by atoms with Crippen molar-refractivity contribution in [2.75, 3.05) is 31.1 Å². The summed E-state index contributed by atoms with van der Waals surface area (Å²) in [4.78, 5) is 16.5. The minimum atomic E-state index is -0.597. The average Bonchev–Trinajstić information content (AvgIpc) is 2.69. The number of halogens is 1. The number of amides is 1. The van der Waals surface area contributed by atoms with Gasteiger partial charge < -0.3 is 15.5 Å². The second kappa shape index (κ2) is 7.98. The molecule has 3 rings (SSSR count). The minimum absolute atomic E-state index is 0.0619. The van der Waals surface area contributed by atoms with Crippen molar-refractivity contribution in [1.29, 1.82) is 5.26 Å². The summed E-state index contributed by atoms with van der Waals surface area (Å²) in [5.74, 6) is -0.315. The molecule has 1 unspecified atom stereocenters. The van der Waals surface area contributed by atoms with Gasteiger partial charge in [-0.25, -0.2) is 4.39 Å². The summed E-state index contributed by atoms with van der Waals surface area (Å²) in [5, 5.41) is 8.83. The van der Waals surface area contributed by atoms with Crippen LogP contribution in [0.15, 0.2) is 48.5 Å². The number of benzene rings is 2. The fourth-order valence-electron chi connectivity index (χ4n) is 3.13. The van der Waals surface area contributed by atoms with Gasteiger partial charge >= 0.3 is 0 Å². The monoisotopic (exact) mass is 352 g/mol. The highest BCUT2D eigenvalue weighted by molar-refractivity contribution is 5.82. The van der Waals surface area contributed by atoms with Crippen LogP contribution in [0.4, 0.5) is 10.1 Å². The van der Waals surface area contributed by atoms with Crippen LogP contribution in [0.5, 0.6) is 0 Å². The SMILES string of the molecule is N#Cc1ccc(CC(N)C(=O)N2CCN(c3ccc(F)cc3)CC2)cc1. The molecule has 0 aromatic heterocycles. The van der Waals surface area contributed by atoms with E-state index < -0.39 is 6.04 Å². The Balaban J connectivity index is 1.53. The van der Waals surface area contributed by atoms with Crippen molar-refractivity contribution in [3.63, 3.8) is 0 Å². The summed E-state index contributed by atoms with van der Waals surface area (Å²) in [6.07, 6.45) is 0.447. The van der Waals surface area contributed by atoms with Crippen molar-refractivity contribution < 1.29 is 9.18 Å². The average molecular weight is 352 g/mol. The molecule has 1 aliphatic rings. The molecular weight excluding hydrogens is 331 g/mol. The maximum absolute atomic E-state index is 13.0. The maximum atomic E-state index is 13.0. The highest BCUT2D eigenvalue weighted by Gasteiger charge is 2.25. The summed E-state index contributed by atoms with van der Waals surface area (Å²) in [6.45, 7) is 2.58. The Morgan fingerprint density at radius 2 is 1.69 bits per heavy atom. The molecule has 1 amide bonds. The van der Waals surface area contributed by atoms with Gasteiger partial charge in [0.15, 0.2) is 0 Å². The Bertz CT molecular complexity index is 790. The number of hydrogen-bond acceptors (Lipinski definition) is 4. The number of nitrogens with two attached hydrogens (primary N) is 1. The number of piperazine rings is 1. The van der Waals surface area contributed by atoms with Gasteiger partial charge in [-0.05, 0) is 48.4 Å². The number of carbonyl (C=O) groups is 1. The Labute approximate surface area is 152 Å². The van der Waals surface area contributed by atoms with Gasteiger partial charge in [0.05, 0.1) is 17.7 Å². The Morgan fingerprint density at radius 1 is 1.08 bits per heavy atom. The molecule has 0 radical (unpaired) electrons. The number of carbonyl (C=O) groups excluding carboxylic acids is 1. The summed E-state index contributed by atoms with van der Waals surface area (Å²) < 4.78 is 13.0. The number of rotatable bonds is 4. The number of hydrogen-bond donors (Lipinski definition) is 1. The van der Waals surface area contributed by atoms with Gasteiger partial charge in [-0.1, -0.05) is 12.1 Å². The van der Waals surface area contributed by atoms with Crippen LogP contribution < -0.4 is 10.6 Å². The van der Waals surface area contributed by atoms with Gasteiger partial charge in [-0.15, -0.1) is 0 Å². The molecule has 6 heteroatoms. The fourth-order valence-corrected chi connectivity index (χ4v) is 3.13. The van der Waals surface area contributed by atoms with Crippen molar-refractivity contribution in [2.45, 2.75) is 12.5 Å². The summed E-state index contributed by atoms with van der Waals surface area (Å²) >= 11 is 0. The van der Waals surface area contributed by atoms with E-state index >= 15 is 0 Å². The Kier molecular flexibility index (Phi) is 5.49. The van der Waals surface area contributed by atoms with Gasteiger partial charge in [0.1, 0.15) is 5.82 Å². The third kappa shape index (κ3) is 4.19. The Morgan fingerprint density at radius 3 is 2.27 bits per heavy atom. The molecule has 0 bridgehead atoms. The van der Waals surface area contributed by atoms with Gasteiger partial charge in [-0.2, -0.15) is 5.26 Å². The maximum Gasteiger partial charge on any atom is 0.239 e. The third-order valence-electron chi connectivity index (χ3n) is 4.64. The molecule has 26 heavy (non-hydrogen) atoms. The van der Waals surface area contributed by atoms with Crippen LogP contribution in [-0.2, 0) is 11.2 Å². The van der Waals surface area contributed by atoms with E-state index in [9.17, 15) is 9.18 Å². The lowest BCUT2D eigenvalue weighted by Crippen LogP contribution is -2.53. The van der Waals surface area contributed by atoms with E-state index in [0.717, 1.165) is 11.3 Å². The molecule has 2 aromatic rings. The lowest BCUT2D eigenvalue weighted by molar-refractivity contribution is -0.132. The fraction of sp³-hybridized carbons (Fsp3) is 0.300. The first kappa shape index (κ1) is 17.9. The predicted molar refractivity (Wildman–Crippen MR) is 98.0 cm³/mol. The van der Waals surface area contributed by atoms with E-state index in [2.05, 4.69) is 11.0 Å². The first-order valence-corrected chi connectivity index (χ1v) is 8.61. The molecular formula is C20H21FN4O.